The molecule has 1 aromatic rings. The number of rotatable bonds is 6. The Balaban J connectivity index is 2.63. The minimum Gasteiger partial charge on any atom is -0.351 e. The molecule has 1 rings (SSSR count). The summed E-state index contributed by atoms with van der Waals surface area (Å²) in [7, 11) is -2.05. The molecule has 108 valence electrons. The molecule has 0 fully saturated rings. The van der Waals surface area contributed by atoms with Gasteiger partial charge in [-0.3, -0.25) is 4.79 Å². The summed E-state index contributed by atoms with van der Waals surface area (Å²) >= 11 is 1.13. The molecule has 0 aromatic carbocycles. The third-order valence-electron chi connectivity index (χ3n) is 2.81. The van der Waals surface area contributed by atoms with E-state index in [2.05, 4.69) is 10.0 Å². The van der Waals surface area contributed by atoms with Crippen molar-refractivity contribution in [2.45, 2.75) is 30.6 Å². The van der Waals surface area contributed by atoms with Crippen LogP contribution in [0.5, 0.6) is 0 Å². The molecule has 1 amide bonds. The summed E-state index contributed by atoms with van der Waals surface area (Å²) in [5, 5.41) is 2.74. The minimum atomic E-state index is -3.41. The second-order valence-electron chi connectivity index (χ2n) is 4.29. The number of carbonyl (C=O) groups is 1. The van der Waals surface area contributed by atoms with Gasteiger partial charge in [-0.25, -0.2) is 13.1 Å². The molecule has 2 atom stereocenters. The van der Waals surface area contributed by atoms with E-state index in [0.29, 0.717) is 6.54 Å². The van der Waals surface area contributed by atoms with Gasteiger partial charge in [-0.05, 0) is 26.1 Å². The Morgan fingerprint density at radius 2 is 2.05 bits per heavy atom. The molecule has 0 radical (unpaired) electrons. The van der Waals surface area contributed by atoms with E-state index >= 15 is 0 Å². The number of amides is 1. The largest absolute Gasteiger partial charge is 0.351 e. The molecule has 8 heteroatoms. The van der Waals surface area contributed by atoms with Crippen LogP contribution in [0.2, 0.25) is 0 Å². The van der Waals surface area contributed by atoms with Gasteiger partial charge in [0.15, 0.2) is 0 Å². The number of hydrogen-bond acceptors (Lipinski definition) is 5. The zero-order valence-electron chi connectivity index (χ0n) is 11.1. The van der Waals surface area contributed by atoms with Crippen molar-refractivity contribution < 1.29 is 13.2 Å². The zero-order valence-corrected chi connectivity index (χ0v) is 12.8. The molecule has 0 saturated carbocycles. The van der Waals surface area contributed by atoms with Crippen LogP contribution in [0.3, 0.4) is 0 Å². The van der Waals surface area contributed by atoms with Crippen LogP contribution < -0.4 is 15.8 Å². The fourth-order valence-electron chi connectivity index (χ4n) is 1.27. The maximum Gasteiger partial charge on any atom is 0.249 e. The van der Waals surface area contributed by atoms with Crippen molar-refractivity contribution in [2.75, 3.05) is 7.05 Å². The molecule has 0 aliphatic heterocycles. The molecular formula is C11H19N3O3S2. The number of nitrogens with two attached hydrogens (primary N) is 1. The van der Waals surface area contributed by atoms with E-state index < -0.39 is 10.0 Å². The van der Waals surface area contributed by atoms with Gasteiger partial charge in [-0.1, -0.05) is 6.92 Å². The average Bonchev–Trinajstić information content (AvgIpc) is 2.84. The third kappa shape index (κ3) is 4.27. The van der Waals surface area contributed by atoms with Gasteiger partial charge in [-0.15, -0.1) is 11.3 Å². The average molecular weight is 305 g/mol. The van der Waals surface area contributed by atoms with E-state index in [-0.39, 0.29) is 22.1 Å². The highest BCUT2D eigenvalue weighted by atomic mass is 32.2. The molecule has 0 aliphatic rings. The molecule has 2 unspecified atom stereocenters. The summed E-state index contributed by atoms with van der Waals surface area (Å²) in [4.78, 5) is 12.5. The monoisotopic (exact) mass is 305 g/mol. The third-order valence-corrected chi connectivity index (χ3v) is 5.80. The van der Waals surface area contributed by atoms with Gasteiger partial charge >= 0.3 is 0 Å². The van der Waals surface area contributed by atoms with E-state index in [4.69, 9.17) is 5.73 Å². The minimum absolute atomic E-state index is 0.138. The Bertz CT molecular complexity index is 537. The van der Waals surface area contributed by atoms with Gasteiger partial charge in [0.1, 0.15) is 4.21 Å². The van der Waals surface area contributed by atoms with Crippen LogP contribution in [0.1, 0.15) is 18.7 Å². The highest BCUT2D eigenvalue weighted by molar-refractivity contribution is 7.91. The molecule has 1 heterocycles. The first-order chi connectivity index (χ1) is 8.77. The lowest BCUT2D eigenvalue weighted by Gasteiger charge is -2.14. The molecule has 0 saturated heterocycles. The van der Waals surface area contributed by atoms with Crippen LogP contribution in [-0.2, 0) is 21.4 Å². The lowest BCUT2D eigenvalue weighted by Crippen LogP contribution is -2.38. The van der Waals surface area contributed by atoms with Crippen LogP contribution in [0.15, 0.2) is 16.3 Å². The first kappa shape index (κ1) is 16.1. The molecule has 4 N–H and O–H groups in total. The van der Waals surface area contributed by atoms with E-state index in [0.717, 1.165) is 16.2 Å². The molecule has 0 bridgehead atoms. The smallest absolute Gasteiger partial charge is 0.249 e. The fourth-order valence-corrected chi connectivity index (χ4v) is 3.41. The number of hydrogen-bond donors (Lipinski definition) is 3. The molecular weight excluding hydrogens is 286 g/mol. The van der Waals surface area contributed by atoms with Crippen molar-refractivity contribution >= 4 is 27.3 Å². The van der Waals surface area contributed by atoms with Crippen LogP contribution in [0, 0.1) is 5.92 Å². The Labute approximate surface area is 117 Å². The van der Waals surface area contributed by atoms with Gasteiger partial charge in [-0.2, -0.15) is 0 Å². The summed E-state index contributed by atoms with van der Waals surface area (Å²) in [6.07, 6.45) is 0. The predicted octanol–water partition coefficient (Wildman–Crippen LogP) is 0.256. The maximum atomic E-state index is 11.7. The maximum absolute atomic E-state index is 11.7. The van der Waals surface area contributed by atoms with Crippen LogP contribution >= 0.6 is 11.3 Å². The fraction of sp³-hybridized carbons (Fsp3) is 0.545. The number of thiophene rings is 1. The van der Waals surface area contributed by atoms with Crippen molar-refractivity contribution in [3.63, 3.8) is 0 Å². The van der Waals surface area contributed by atoms with Crippen LogP contribution in [-0.4, -0.2) is 27.4 Å². The number of nitrogens with one attached hydrogen (secondary N) is 2. The normalized spacial score (nSPS) is 14.9. The summed E-state index contributed by atoms with van der Waals surface area (Å²) in [6, 6.07) is 2.99. The highest BCUT2D eigenvalue weighted by Crippen LogP contribution is 2.21. The Morgan fingerprint density at radius 1 is 1.42 bits per heavy atom. The Hall–Kier alpha value is -0.960. The van der Waals surface area contributed by atoms with Gasteiger partial charge in [0, 0.05) is 16.8 Å². The lowest BCUT2D eigenvalue weighted by atomic mass is 10.0. The quantitative estimate of drug-likeness (QED) is 0.701. The lowest BCUT2D eigenvalue weighted by molar-refractivity contribution is -0.125. The standard InChI is InChI=1S/C11H19N3O3S2/c1-7(8(2)12)11(15)14-6-9-4-5-10(18-9)19(16,17)13-3/h4-5,7-8,13H,6,12H2,1-3H3,(H,14,15). The predicted molar refractivity (Wildman–Crippen MR) is 75.2 cm³/mol. The summed E-state index contributed by atoms with van der Waals surface area (Å²) in [5.41, 5.74) is 5.64. The van der Waals surface area contributed by atoms with Gasteiger partial charge in [0.2, 0.25) is 15.9 Å². The van der Waals surface area contributed by atoms with Gasteiger partial charge in [0.25, 0.3) is 0 Å². The van der Waals surface area contributed by atoms with Crippen molar-refractivity contribution in [2.24, 2.45) is 11.7 Å². The molecule has 0 spiro atoms. The number of sulfonamides is 1. The summed E-state index contributed by atoms with van der Waals surface area (Å²) < 4.78 is 25.6. The SMILES string of the molecule is CNS(=O)(=O)c1ccc(CNC(=O)C(C)C(C)N)s1. The first-order valence-corrected chi connectivity index (χ1v) is 8.13. The highest BCUT2D eigenvalue weighted by Gasteiger charge is 2.18. The van der Waals surface area contributed by atoms with Crippen molar-refractivity contribution in [3.05, 3.63) is 17.0 Å². The van der Waals surface area contributed by atoms with E-state index in [9.17, 15) is 13.2 Å². The molecule has 1 aromatic heterocycles. The zero-order chi connectivity index (χ0) is 14.6. The summed E-state index contributed by atoms with van der Waals surface area (Å²) in [6.45, 7) is 3.83. The molecule has 0 aliphatic carbocycles. The second kappa shape index (κ2) is 6.47. The van der Waals surface area contributed by atoms with E-state index in [1.54, 1.807) is 19.9 Å². The first-order valence-electron chi connectivity index (χ1n) is 5.83. The van der Waals surface area contributed by atoms with Gasteiger partial charge < -0.3 is 11.1 Å². The second-order valence-corrected chi connectivity index (χ2v) is 7.58. The summed E-state index contributed by atoms with van der Waals surface area (Å²) in [5.74, 6) is -0.415. The van der Waals surface area contributed by atoms with Crippen LogP contribution in [0.25, 0.3) is 0 Å². The molecule has 6 nitrogen and oxygen atoms in total. The molecule has 19 heavy (non-hydrogen) atoms. The van der Waals surface area contributed by atoms with Crippen LogP contribution in [0.4, 0.5) is 0 Å². The number of carbonyl (C=O) groups excluding carboxylic acids is 1. The van der Waals surface area contributed by atoms with Crippen molar-refractivity contribution in [1.82, 2.24) is 10.0 Å². The van der Waals surface area contributed by atoms with E-state index in [1.165, 1.54) is 13.1 Å². The van der Waals surface area contributed by atoms with Crippen molar-refractivity contribution in [1.29, 1.82) is 0 Å². The Morgan fingerprint density at radius 3 is 2.58 bits per heavy atom. The van der Waals surface area contributed by atoms with E-state index in [1.807, 2.05) is 0 Å². The van der Waals surface area contributed by atoms with Gasteiger partial charge in [0.05, 0.1) is 6.54 Å². The Kier molecular flexibility index (Phi) is 5.48. The van der Waals surface area contributed by atoms with Crippen molar-refractivity contribution in [3.8, 4) is 0 Å². The topological polar surface area (TPSA) is 101 Å².